The fourth-order valence-corrected chi connectivity index (χ4v) is 1.32. The van der Waals surface area contributed by atoms with Crippen LogP contribution >= 0.6 is 0 Å². The summed E-state index contributed by atoms with van der Waals surface area (Å²) >= 11 is 0. The molecular weight excluding hydrogens is 185 g/mol. The predicted octanol–water partition coefficient (Wildman–Crippen LogP) is 1.74. The second-order valence-corrected chi connectivity index (χ2v) is 2.92. The lowest BCUT2D eigenvalue weighted by Crippen LogP contribution is -1.99. The topological polar surface area (TPSA) is 42.2 Å². The van der Waals surface area contributed by atoms with Crippen molar-refractivity contribution in [2.45, 2.75) is 6.29 Å². The second kappa shape index (κ2) is 3.74. The van der Waals surface area contributed by atoms with Crippen molar-refractivity contribution < 1.29 is 13.9 Å². The van der Waals surface area contributed by atoms with Gasteiger partial charge in [-0.15, -0.1) is 0 Å². The first-order valence-corrected chi connectivity index (χ1v) is 4.24. The van der Waals surface area contributed by atoms with Crippen molar-refractivity contribution in [2.24, 2.45) is 0 Å². The van der Waals surface area contributed by atoms with Crippen LogP contribution in [0.1, 0.15) is 17.4 Å². The molecule has 2 rings (SSSR count). The average molecular weight is 193 g/mol. The molecule has 3 nitrogen and oxygen atoms in total. The van der Waals surface area contributed by atoms with Crippen molar-refractivity contribution in [3.05, 3.63) is 35.1 Å². The van der Waals surface area contributed by atoms with Crippen LogP contribution in [0.4, 0.5) is 4.39 Å². The number of hydrogen-bond donors (Lipinski definition) is 0. The first kappa shape index (κ1) is 9.13. The summed E-state index contributed by atoms with van der Waals surface area (Å²) in [6, 6.07) is 6.09. The van der Waals surface area contributed by atoms with Crippen LogP contribution in [0.3, 0.4) is 0 Å². The van der Waals surface area contributed by atoms with Gasteiger partial charge in [0.05, 0.1) is 18.8 Å². The molecule has 1 aliphatic heterocycles. The van der Waals surface area contributed by atoms with Crippen LogP contribution in [0.25, 0.3) is 0 Å². The van der Waals surface area contributed by atoms with E-state index < -0.39 is 12.1 Å². The molecule has 1 aliphatic rings. The second-order valence-electron chi connectivity index (χ2n) is 2.92. The van der Waals surface area contributed by atoms with Gasteiger partial charge in [0.1, 0.15) is 11.9 Å². The van der Waals surface area contributed by atoms with Crippen LogP contribution < -0.4 is 0 Å². The van der Waals surface area contributed by atoms with E-state index in [0.29, 0.717) is 18.8 Å². The fourth-order valence-electron chi connectivity index (χ4n) is 1.32. The normalized spacial score (nSPS) is 16.9. The van der Waals surface area contributed by atoms with Crippen molar-refractivity contribution in [1.29, 1.82) is 5.26 Å². The minimum atomic E-state index is -0.538. The van der Waals surface area contributed by atoms with E-state index in [0.717, 1.165) is 0 Å². The summed E-state index contributed by atoms with van der Waals surface area (Å²) in [6.07, 6.45) is -0.489. The molecule has 0 spiro atoms. The van der Waals surface area contributed by atoms with E-state index in [9.17, 15) is 4.39 Å². The third kappa shape index (κ3) is 1.60. The maximum Gasteiger partial charge on any atom is 0.184 e. The lowest BCUT2D eigenvalue weighted by molar-refractivity contribution is -0.0443. The average Bonchev–Trinajstić information content (AvgIpc) is 2.70. The quantitative estimate of drug-likeness (QED) is 0.682. The number of ether oxygens (including phenoxy) is 2. The van der Waals surface area contributed by atoms with Crippen molar-refractivity contribution in [2.75, 3.05) is 13.2 Å². The molecule has 0 amide bonds. The Labute approximate surface area is 80.7 Å². The van der Waals surface area contributed by atoms with Crippen LogP contribution in [-0.4, -0.2) is 13.2 Å². The van der Waals surface area contributed by atoms with Crippen molar-refractivity contribution in [1.82, 2.24) is 0 Å². The Balaban J connectivity index is 2.28. The van der Waals surface area contributed by atoms with Gasteiger partial charge in [0.15, 0.2) is 6.29 Å². The zero-order valence-electron chi connectivity index (χ0n) is 7.37. The minimum absolute atomic E-state index is 0.0340. The third-order valence-electron chi connectivity index (χ3n) is 2.01. The number of nitriles is 1. The summed E-state index contributed by atoms with van der Waals surface area (Å²) < 4.78 is 23.6. The molecule has 1 saturated heterocycles. The molecule has 1 aromatic rings. The van der Waals surface area contributed by atoms with Gasteiger partial charge in [0, 0.05) is 5.56 Å². The maximum atomic E-state index is 13.2. The summed E-state index contributed by atoms with van der Waals surface area (Å²) in [6.45, 7) is 1.04. The smallest absolute Gasteiger partial charge is 0.184 e. The van der Waals surface area contributed by atoms with Crippen LogP contribution in [0, 0.1) is 17.1 Å². The van der Waals surface area contributed by atoms with Crippen molar-refractivity contribution in [3.8, 4) is 6.07 Å². The Morgan fingerprint density at radius 2 is 2.07 bits per heavy atom. The van der Waals surface area contributed by atoms with Gasteiger partial charge >= 0.3 is 0 Å². The van der Waals surface area contributed by atoms with E-state index in [-0.39, 0.29) is 5.56 Å². The van der Waals surface area contributed by atoms with E-state index in [1.54, 1.807) is 12.1 Å². The summed E-state index contributed by atoms with van der Waals surface area (Å²) in [4.78, 5) is 0. The van der Waals surface area contributed by atoms with Gasteiger partial charge in [-0.1, -0.05) is 6.07 Å². The predicted molar refractivity (Wildman–Crippen MR) is 45.8 cm³/mol. The molecular formula is C10H8FNO2. The molecule has 1 fully saturated rings. The van der Waals surface area contributed by atoms with Crippen molar-refractivity contribution in [3.63, 3.8) is 0 Å². The lowest BCUT2D eigenvalue weighted by atomic mass is 10.1. The first-order valence-electron chi connectivity index (χ1n) is 4.24. The molecule has 0 N–H and O–H groups in total. The highest BCUT2D eigenvalue weighted by Gasteiger charge is 2.19. The number of rotatable bonds is 1. The summed E-state index contributed by atoms with van der Waals surface area (Å²) in [5.41, 5.74) is 0.644. The van der Waals surface area contributed by atoms with Crippen LogP contribution in [0.15, 0.2) is 18.2 Å². The van der Waals surface area contributed by atoms with Gasteiger partial charge in [-0.05, 0) is 12.1 Å². The zero-order chi connectivity index (χ0) is 9.97. The summed E-state index contributed by atoms with van der Waals surface area (Å²) in [7, 11) is 0. The molecule has 0 unspecified atom stereocenters. The zero-order valence-corrected chi connectivity index (χ0v) is 7.37. The molecule has 14 heavy (non-hydrogen) atoms. The van der Waals surface area contributed by atoms with Gasteiger partial charge in [0.25, 0.3) is 0 Å². The minimum Gasteiger partial charge on any atom is -0.346 e. The molecule has 0 aliphatic carbocycles. The SMILES string of the molecule is N#Cc1ccc(C2OCCO2)cc1F. The molecule has 0 atom stereocenters. The third-order valence-corrected chi connectivity index (χ3v) is 2.01. The lowest BCUT2D eigenvalue weighted by Gasteiger charge is -2.08. The Bertz CT molecular complexity index is 380. The molecule has 0 saturated carbocycles. The highest BCUT2D eigenvalue weighted by Crippen LogP contribution is 2.24. The Morgan fingerprint density at radius 3 is 2.64 bits per heavy atom. The van der Waals surface area contributed by atoms with Crippen LogP contribution in [-0.2, 0) is 9.47 Å². The van der Waals surface area contributed by atoms with E-state index >= 15 is 0 Å². The number of nitrogens with zero attached hydrogens (tertiary/aromatic N) is 1. The largest absolute Gasteiger partial charge is 0.346 e. The van der Waals surface area contributed by atoms with E-state index in [1.165, 1.54) is 12.1 Å². The number of benzene rings is 1. The Morgan fingerprint density at radius 1 is 1.36 bits per heavy atom. The van der Waals surface area contributed by atoms with Gasteiger partial charge < -0.3 is 9.47 Å². The fraction of sp³-hybridized carbons (Fsp3) is 0.300. The summed E-state index contributed by atoms with van der Waals surface area (Å²) in [5, 5.41) is 8.52. The highest BCUT2D eigenvalue weighted by molar-refractivity contribution is 5.33. The van der Waals surface area contributed by atoms with Crippen LogP contribution in [0.2, 0.25) is 0 Å². The monoisotopic (exact) mass is 193 g/mol. The standard InChI is InChI=1S/C10H8FNO2/c11-9-5-7(1-2-8(9)6-12)10-13-3-4-14-10/h1-2,5,10H,3-4H2. The van der Waals surface area contributed by atoms with Gasteiger partial charge in [-0.2, -0.15) is 5.26 Å². The molecule has 72 valence electrons. The van der Waals surface area contributed by atoms with Gasteiger partial charge in [-0.25, -0.2) is 4.39 Å². The number of halogens is 1. The van der Waals surface area contributed by atoms with Crippen molar-refractivity contribution >= 4 is 0 Å². The molecule has 0 radical (unpaired) electrons. The van der Waals surface area contributed by atoms with Gasteiger partial charge in [0.2, 0.25) is 0 Å². The maximum absolute atomic E-state index is 13.2. The van der Waals surface area contributed by atoms with E-state index in [2.05, 4.69) is 0 Å². The van der Waals surface area contributed by atoms with Gasteiger partial charge in [-0.3, -0.25) is 0 Å². The van der Waals surface area contributed by atoms with E-state index in [1.807, 2.05) is 0 Å². The molecule has 4 heteroatoms. The molecule has 1 aromatic carbocycles. The highest BCUT2D eigenvalue weighted by atomic mass is 19.1. The molecule has 0 aromatic heterocycles. The molecule has 0 bridgehead atoms. The Hall–Kier alpha value is -1.44. The first-order chi connectivity index (χ1) is 6.81. The number of hydrogen-bond acceptors (Lipinski definition) is 3. The molecule has 1 heterocycles. The Kier molecular flexibility index (Phi) is 2.44. The summed E-state index contributed by atoms with van der Waals surface area (Å²) in [5.74, 6) is -0.538. The van der Waals surface area contributed by atoms with E-state index in [4.69, 9.17) is 14.7 Å². The van der Waals surface area contributed by atoms with Crippen LogP contribution in [0.5, 0.6) is 0 Å².